The van der Waals surface area contributed by atoms with Crippen LogP contribution in [-0.2, 0) is 16.2 Å². The zero-order chi connectivity index (χ0) is 33.1. The first kappa shape index (κ1) is 33.7. The van der Waals surface area contributed by atoms with Gasteiger partial charge < -0.3 is 25.4 Å². The van der Waals surface area contributed by atoms with Crippen molar-refractivity contribution in [2.75, 3.05) is 37.4 Å². The SMILES string of the molecule is C[C@@H]1CN([C@@H](C)CO)C(=O)c2cc(NC(=O)Nc3ccc(C(F)(F)F)cc3)ccc2O[C@@H]1CN(C)S(=O)(=O)c1ccc(F)cc1. The van der Waals surface area contributed by atoms with E-state index in [9.17, 15) is 40.7 Å². The molecule has 242 valence electrons. The number of nitrogens with zero attached hydrogens (tertiary/aromatic N) is 2. The van der Waals surface area contributed by atoms with Crippen molar-refractivity contribution in [1.29, 1.82) is 0 Å². The van der Waals surface area contributed by atoms with Crippen molar-refractivity contribution < 1.29 is 45.4 Å². The van der Waals surface area contributed by atoms with Crippen LogP contribution in [0.5, 0.6) is 5.75 Å². The van der Waals surface area contributed by atoms with Crippen LogP contribution in [0.25, 0.3) is 0 Å². The van der Waals surface area contributed by atoms with Crippen molar-refractivity contribution in [3.05, 3.63) is 83.7 Å². The highest BCUT2D eigenvalue weighted by atomic mass is 32.2. The highest BCUT2D eigenvalue weighted by Gasteiger charge is 2.35. The van der Waals surface area contributed by atoms with E-state index in [0.29, 0.717) is 0 Å². The van der Waals surface area contributed by atoms with Gasteiger partial charge in [0.1, 0.15) is 17.7 Å². The Kier molecular flexibility index (Phi) is 10.0. The Morgan fingerprint density at radius 2 is 1.67 bits per heavy atom. The molecule has 3 aromatic rings. The lowest BCUT2D eigenvalue weighted by Gasteiger charge is -2.38. The molecule has 45 heavy (non-hydrogen) atoms. The minimum atomic E-state index is -4.53. The number of hydrogen-bond donors (Lipinski definition) is 3. The lowest BCUT2D eigenvalue weighted by molar-refractivity contribution is -0.137. The van der Waals surface area contributed by atoms with Crippen molar-refractivity contribution in [1.82, 2.24) is 9.21 Å². The zero-order valence-electron chi connectivity index (χ0n) is 24.5. The van der Waals surface area contributed by atoms with E-state index in [4.69, 9.17) is 4.74 Å². The minimum Gasteiger partial charge on any atom is -0.488 e. The second-order valence-electron chi connectivity index (χ2n) is 10.7. The number of anilines is 2. The van der Waals surface area contributed by atoms with Crippen LogP contribution in [0.4, 0.5) is 33.7 Å². The fourth-order valence-corrected chi connectivity index (χ4v) is 5.88. The van der Waals surface area contributed by atoms with Gasteiger partial charge in [0.25, 0.3) is 5.91 Å². The number of rotatable bonds is 8. The number of ether oxygens (including phenoxy) is 1. The largest absolute Gasteiger partial charge is 0.488 e. The maximum Gasteiger partial charge on any atom is 0.416 e. The van der Waals surface area contributed by atoms with E-state index in [1.165, 1.54) is 30.1 Å². The zero-order valence-corrected chi connectivity index (χ0v) is 25.3. The van der Waals surface area contributed by atoms with Crippen LogP contribution in [0.3, 0.4) is 0 Å². The summed E-state index contributed by atoms with van der Waals surface area (Å²) in [5, 5.41) is 14.8. The molecule has 4 rings (SSSR count). The Hall–Kier alpha value is -4.21. The molecule has 1 aliphatic rings. The van der Waals surface area contributed by atoms with Crippen molar-refractivity contribution in [2.45, 2.75) is 37.1 Å². The van der Waals surface area contributed by atoms with Gasteiger partial charge in [-0.15, -0.1) is 0 Å². The molecule has 0 aliphatic carbocycles. The summed E-state index contributed by atoms with van der Waals surface area (Å²) in [5.41, 5.74) is -0.579. The molecule has 3 N–H and O–H groups in total. The Balaban J connectivity index is 1.58. The standard InChI is InChI=1S/C30H32F4N4O6S/c1-18-15-38(19(2)17-39)28(40)25-14-23(36-29(41)35-22-8-4-20(5-9-22)30(32,33)34)10-13-26(25)44-27(18)16-37(3)45(42,43)24-11-6-21(31)7-12-24/h4-14,18-19,27,39H,15-17H2,1-3H3,(H2,35,36,41)/t18-,19+,27-/m1/s1. The first-order valence-electron chi connectivity index (χ1n) is 13.8. The Bertz CT molecular complexity index is 1640. The molecule has 0 fully saturated rings. The van der Waals surface area contributed by atoms with E-state index in [1.807, 2.05) is 0 Å². The first-order valence-corrected chi connectivity index (χ1v) is 15.2. The third kappa shape index (κ3) is 7.90. The summed E-state index contributed by atoms with van der Waals surface area (Å²) in [5.74, 6) is -1.39. The molecule has 3 aromatic carbocycles. The van der Waals surface area contributed by atoms with Crippen LogP contribution in [0, 0.1) is 11.7 Å². The number of carbonyl (C=O) groups excluding carboxylic acids is 2. The molecule has 1 aliphatic heterocycles. The molecule has 10 nitrogen and oxygen atoms in total. The third-order valence-corrected chi connectivity index (χ3v) is 9.19. The molecular formula is C30H32F4N4O6S. The van der Waals surface area contributed by atoms with E-state index in [-0.39, 0.29) is 47.3 Å². The highest BCUT2D eigenvalue weighted by Crippen LogP contribution is 2.32. The van der Waals surface area contributed by atoms with Crippen LogP contribution in [0.2, 0.25) is 0 Å². The maximum atomic E-state index is 13.7. The van der Waals surface area contributed by atoms with Gasteiger partial charge in [-0.05, 0) is 73.7 Å². The normalized spacial score (nSPS) is 18.0. The Morgan fingerprint density at radius 3 is 2.27 bits per heavy atom. The fraction of sp³-hybridized carbons (Fsp3) is 0.333. The van der Waals surface area contributed by atoms with Crippen molar-refractivity contribution >= 4 is 33.3 Å². The summed E-state index contributed by atoms with van der Waals surface area (Å²) in [6, 6.07) is 11.1. The molecule has 0 spiro atoms. The summed E-state index contributed by atoms with van der Waals surface area (Å²) in [6.07, 6.45) is -5.30. The summed E-state index contributed by atoms with van der Waals surface area (Å²) in [4.78, 5) is 27.6. The molecule has 0 bridgehead atoms. The number of alkyl halides is 3. The molecular weight excluding hydrogens is 620 g/mol. The van der Waals surface area contributed by atoms with Crippen molar-refractivity contribution in [2.24, 2.45) is 5.92 Å². The molecule has 0 saturated carbocycles. The second kappa shape index (κ2) is 13.4. The number of likely N-dealkylation sites (N-methyl/N-ethyl adjacent to an activating group) is 1. The lowest BCUT2D eigenvalue weighted by Crippen LogP contribution is -2.50. The molecule has 0 aromatic heterocycles. The maximum absolute atomic E-state index is 13.7. The Morgan fingerprint density at radius 1 is 1.07 bits per heavy atom. The monoisotopic (exact) mass is 652 g/mol. The van der Waals surface area contributed by atoms with E-state index < -0.39 is 57.6 Å². The molecule has 3 amide bonds. The van der Waals surface area contributed by atoms with Crippen molar-refractivity contribution in [3.63, 3.8) is 0 Å². The highest BCUT2D eigenvalue weighted by molar-refractivity contribution is 7.89. The van der Waals surface area contributed by atoms with Gasteiger partial charge in [-0.25, -0.2) is 17.6 Å². The smallest absolute Gasteiger partial charge is 0.416 e. The number of urea groups is 1. The number of amides is 3. The van der Waals surface area contributed by atoms with Crippen LogP contribution in [0.15, 0.2) is 71.6 Å². The number of nitrogens with one attached hydrogen (secondary N) is 2. The number of aliphatic hydroxyl groups is 1. The summed E-state index contributed by atoms with van der Waals surface area (Å²) >= 11 is 0. The van der Waals surface area contributed by atoms with Crippen LogP contribution < -0.4 is 15.4 Å². The number of hydrogen-bond acceptors (Lipinski definition) is 6. The van der Waals surface area contributed by atoms with Gasteiger partial charge in [-0.3, -0.25) is 4.79 Å². The van der Waals surface area contributed by atoms with Gasteiger partial charge in [0.15, 0.2) is 0 Å². The topological polar surface area (TPSA) is 128 Å². The van der Waals surface area contributed by atoms with Crippen LogP contribution in [-0.4, -0.2) is 73.6 Å². The molecule has 15 heteroatoms. The van der Waals surface area contributed by atoms with Gasteiger partial charge in [0.05, 0.1) is 35.2 Å². The molecule has 1 heterocycles. The summed E-state index contributed by atoms with van der Waals surface area (Å²) < 4.78 is 85.6. The minimum absolute atomic E-state index is 0.0311. The van der Waals surface area contributed by atoms with Crippen LogP contribution in [0.1, 0.15) is 29.8 Å². The number of carbonyl (C=O) groups is 2. The van der Waals surface area contributed by atoms with Crippen molar-refractivity contribution in [3.8, 4) is 5.75 Å². The molecule has 0 radical (unpaired) electrons. The first-order chi connectivity index (χ1) is 21.1. The van der Waals surface area contributed by atoms with Gasteiger partial charge in [-0.2, -0.15) is 17.5 Å². The number of benzene rings is 3. The lowest BCUT2D eigenvalue weighted by atomic mass is 9.99. The van der Waals surface area contributed by atoms with Crippen LogP contribution >= 0.6 is 0 Å². The Labute approximate surface area is 257 Å². The predicted molar refractivity (Wildman–Crippen MR) is 158 cm³/mol. The number of halogens is 4. The fourth-order valence-electron chi connectivity index (χ4n) is 4.69. The van der Waals surface area contributed by atoms with Gasteiger partial charge >= 0.3 is 12.2 Å². The van der Waals surface area contributed by atoms with Gasteiger partial charge in [0, 0.05) is 30.9 Å². The predicted octanol–water partition coefficient (Wildman–Crippen LogP) is 5.03. The van der Waals surface area contributed by atoms with E-state index in [0.717, 1.165) is 52.8 Å². The average Bonchev–Trinajstić information content (AvgIpc) is 2.98. The van der Waals surface area contributed by atoms with E-state index in [1.54, 1.807) is 13.8 Å². The number of fused-ring (bicyclic) bond motifs is 1. The summed E-state index contributed by atoms with van der Waals surface area (Å²) in [7, 11) is -2.66. The number of aliphatic hydroxyl groups excluding tert-OH is 1. The average molecular weight is 653 g/mol. The quantitative estimate of drug-likeness (QED) is 0.293. The molecule has 0 unspecified atom stereocenters. The molecule has 3 atom stereocenters. The summed E-state index contributed by atoms with van der Waals surface area (Å²) in [6.45, 7) is 3.03. The van der Waals surface area contributed by atoms with E-state index >= 15 is 0 Å². The molecule has 0 saturated heterocycles. The van der Waals surface area contributed by atoms with Gasteiger partial charge in [0.2, 0.25) is 10.0 Å². The van der Waals surface area contributed by atoms with E-state index in [2.05, 4.69) is 10.6 Å². The second-order valence-corrected chi connectivity index (χ2v) is 12.8. The number of sulfonamides is 1. The van der Waals surface area contributed by atoms with Gasteiger partial charge in [-0.1, -0.05) is 6.92 Å². The third-order valence-electron chi connectivity index (χ3n) is 7.35.